The van der Waals surface area contributed by atoms with E-state index >= 15 is 0 Å². The maximum absolute atomic E-state index is 12.6. The average Bonchev–Trinajstić information content (AvgIpc) is 2.80. The number of hydrogen-bond donors (Lipinski definition) is 2. The van der Waals surface area contributed by atoms with Crippen LogP contribution in [0.4, 0.5) is 0 Å². The van der Waals surface area contributed by atoms with Crippen LogP contribution in [0.15, 0.2) is 89.0 Å². The number of benzene rings is 3. The Bertz CT molecular complexity index is 1080. The minimum absolute atomic E-state index is 0.0438. The van der Waals surface area contributed by atoms with Crippen LogP contribution in [0.1, 0.15) is 22.8 Å². The van der Waals surface area contributed by atoms with Crippen LogP contribution in [-0.4, -0.2) is 28.6 Å². The third kappa shape index (κ3) is 6.04. The molecule has 3 aromatic carbocycles. The molecule has 0 atom stereocenters. The molecule has 0 saturated heterocycles. The monoisotopic (exact) mass is 480 g/mol. The largest absolute Gasteiger partial charge is 0.456 e. The van der Waals surface area contributed by atoms with Gasteiger partial charge >= 0.3 is 0 Å². The molecule has 7 heteroatoms. The maximum atomic E-state index is 12.6. The number of carbonyl (C=O) groups excluding carboxylic acids is 2. The topological polar surface area (TPSA) is 78.9 Å². The Hall–Kier alpha value is -3.42. The number of nitrogens with one attached hydrogen (secondary N) is 1. The van der Waals surface area contributed by atoms with Gasteiger partial charge in [0.25, 0.3) is 11.8 Å². The molecule has 2 N–H and O–H groups in total. The molecule has 0 bridgehead atoms. The van der Waals surface area contributed by atoms with Gasteiger partial charge in [0.2, 0.25) is 0 Å². The highest BCUT2D eigenvalue weighted by Crippen LogP contribution is 2.29. The number of likely N-dealkylation sites (N-methyl/N-ethyl adjacent to an activating group) is 1. The summed E-state index contributed by atoms with van der Waals surface area (Å²) < 4.78 is 6.67. The van der Waals surface area contributed by atoms with Gasteiger partial charge in [0, 0.05) is 12.1 Å². The van der Waals surface area contributed by atoms with Crippen molar-refractivity contribution in [3.05, 3.63) is 100 Å². The standard InChI is InChI=1S/C24H21BrN2O4/c1-2-27(30)24(29)21(26-23(28)18-8-4-3-5-9-18)16-17-12-14-19(15-13-17)31-22-11-7-6-10-20(22)25/h3-16,30H,2H2,1H3,(H,26,28)/b21-16+. The number of para-hydroxylation sites is 1. The first kappa shape index (κ1) is 22.3. The first-order valence-corrected chi connectivity index (χ1v) is 10.4. The normalized spacial score (nSPS) is 11.0. The molecule has 0 spiro atoms. The summed E-state index contributed by atoms with van der Waals surface area (Å²) in [5.74, 6) is 0.136. The average molecular weight is 481 g/mol. The summed E-state index contributed by atoms with van der Waals surface area (Å²) >= 11 is 3.44. The van der Waals surface area contributed by atoms with Crippen LogP contribution in [0.25, 0.3) is 6.08 Å². The quantitative estimate of drug-likeness (QED) is 0.275. The van der Waals surface area contributed by atoms with E-state index in [9.17, 15) is 14.8 Å². The smallest absolute Gasteiger partial charge is 0.293 e. The lowest BCUT2D eigenvalue weighted by atomic mass is 10.1. The Labute approximate surface area is 188 Å². The SMILES string of the molecule is CCN(O)C(=O)/C(=C\c1ccc(Oc2ccccc2Br)cc1)NC(=O)c1ccccc1. The van der Waals surface area contributed by atoms with Crippen LogP contribution in [0, 0.1) is 0 Å². The number of hydrogen-bond acceptors (Lipinski definition) is 4. The zero-order valence-electron chi connectivity index (χ0n) is 16.8. The summed E-state index contributed by atoms with van der Waals surface area (Å²) in [4.78, 5) is 25.1. The fourth-order valence-electron chi connectivity index (χ4n) is 2.67. The second kappa shape index (κ2) is 10.6. The molecule has 0 aliphatic heterocycles. The van der Waals surface area contributed by atoms with Gasteiger partial charge in [-0.25, -0.2) is 5.06 Å². The van der Waals surface area contributed by atoms with E-state index in [-0.39, 0.29) is 12.2 Å². The van der Waals surface area contributed by atoms with E-state index < -0.39 is 11.8 Å². The molecule has 0 aliphatic rings. The Kier molecular flexibility index (Phi) is 7.59. The van der Waals surface area contributed by atoms with Gasteiger partial charge in [0.05, 0.1) is 4.47 Å². The molecule has 0 fully saturated rings. The Morgan fingerprint density at radius 1 is 1.00 bits per heavy atom. The van der Waals surface area contributed by atoms with Crippen LogP contribution >= 0.6 is 15.9 Å². The lowest BCUT2D eigenvalue weighted by Gasteiger charge is -2.16. The van der Waals surface area contributed by atoms with Crippen molar-refractivity contribution < 1.29 is 19.5 Å². The molecule has 0 aliphatic carbocycles. The predicted octanol–water partition coefficient (Wildman–Crippen LogP) is 5.25. The van der Waals surface area contributed by atoms with E-state index in [4.69, 9.17) is 4.74 Å². The summed E-state index contributed by atoms with van der Waals surface area (Å²) in [7, 11) is 0. The van der Waals surface area contributed by atoms with Gasteiger partial charge in [0.15, 0.2) is 0 Å². The van der Waals surface area contributed by atoms with Crippen LogP contribution in [0.2, 0.25) is 0 Å². The summed E-state index contributed by atoms with van der Waals surface area (Å²) in [6, 6.07) is 23.0. The van der Waals surface area contributed by atoms with Gasteiger partial charge in [-0.15, -0.1) is 0 Å². The van der Waals surface area contributed by atoms with Crippen molar-refractivity contribution in [1.82, 2.24) is 10.4 Å². The summed E-state index contributed by atoms with van der Waals surface area (Å²) in [5, 5.41) is 13.0. The molecule has 3 aromatic rings. The van der Waals surface area contributed by atoms with E-state index in [1.807, 2.05) is 24.3 Å². The molecule has 0 saturated carbocycles. The van der Waals surface area contributed by atoms with Gasteiger partial charge in [0.1, 0.15) is 17.2 Å². The van der Waals surface area contributed by atoms with Crippen LogP contribution in [0.5, 0.6) is 11.5 Å². The summed E-state index contributed by atoms with van der Waals surface area (Å²) in [6.45, 7) is 1.71. The minimum Gasteiger partial charge on any atom is -0.456 e. The van der Waals surface area contributed by atoms with E-state index in [2.05, 4.69) is 21.2 Å². The molecule has 0 heterocycles. The van der Waals surface area contributed by atoms with Gasteiger partial charge < -0.3 is 10.1 Å². The van der Waals surface area contributed by atoms with Gasteiger partial charge in [-0.1, -0.05) is 42.5 Å². The first-order valence-electron chi connectivity index (χ1n) is 9.59. The molecule has 0 radical (unpaired) electrons. The van der Waals surface area contributed by atoms with Crippen molar-refractivity contribution >= 4 is 33.8 Å². The lowest BCUT2D eigenvalue weighted by Crippen LogP contribution is -2.36. The fourth-order valence-corrected chi connectivity index (χ4v) is 3.04. The zero-order chi connectivity index (χ0) is 22.2. The number of rotatable bonds is 7. The van der Waals surface area contributed by atoms with E-state index in [1.165, 1.54) is 6.08 Å². The van der Waals surface area contributed by atoms with Crippen molar-refractivity contribution in [1.29, 1.82) is 0 Å². The zero-order valence-corrected chi connectivity index (χ0v) is 18.4. The number of hydroxylamine groups is 2. The maximum Gasteiger partial charge on any atom is 0.293 e. The van der Waals surface area contributed by atoms with Crippen LogP contribution in [-0.2, 0) is 4.79 Å². The van der Waals surface area contributed by atoms with Crippen molar-refractivity contribution in [2.24, 2.45) is 0 Å². The van der Waals surface area contributed by atoms with Crippen molar-refractivity contribution in [3.8, 4) is 11.5 Å². The fraction of sp³-hybridized carbons (Fsp3) is 0.0833. The Balaban J connectivity index is 1.82. The van der Waals surface area contributed by atoms with Crippen molar-refractivity contribution in [2.75, 3.05) is 6.54 Å². The van der Waals surface area contributed by atoms with Crippen molar-refractivity contribution in [2.45, 2.75) is 6.92 Å². The van der Waals surface area contributed by atoms with Gasteiger partial charge in [-0.3, -0.25) is 14.8 Å². The molecular weight excluding hydrogens is 460 g/mol. The van der Waals surface area contributed by atoms with E-state index in [0.29, 0.717) is 27.7 Å². The second-order valence-corrected chi connectivity index (χ2v) is 7.35. The predicted molar refractivity (Wildman–Crippen MR) is 122 cm³/mol. The highest BCUT2D eigenvalue weighted by molar-refractivity contribution is 9.10. The number of ether oxygens (including phenoxy) is 1. The Morgan fingerprint density at radius 2 is 1.65 bits per heavy atom. The van der Waals surface area contributed by atoms with Crippen molar-refractivity contribution in [3.63, 3.8) is 0 Å². The first-order chi connectivity index (χ1) is 15.0. The molecular formula is C24H21BrN2O4. The third-order valence-electron chi connectivity index (χ3n) is 4.30. The van der Waals surface area contributed by atoms with Gasteiger partial charge in [-0.2, -0.15) is 0 Å². The minimum atomic E-state index is -0.708. The molecule has 31 heavy (non-hydrogen) atoms. The molecule has 6 nitrogen and oxygen atoms in total. The number of amides is 2. The number of carbonyl (C=O) groups is 2. The van der Waals surface area contributed by atoms with E-state index in [1.54, 1.807) is 61.5 Å². The number of nitrogens with zero attached hydrogens (tertiary/aromatic N) is 1. The van der Waals surface area contributed by atoms with Crippen LogP contribution < -0.4 is 10.1 Å². The molecule has 2 amide bonds. The summed E-state index contributed by atoms with van der Waals surface area (Å²) in [6.07, 6.45) is 1.50. The highest BCUT2D eigenvalue weighted by atomic mass is 79.9. The van der Waals surface area contributed by atoms with Crippen LogP contribution in [0.3, 0.4) is 0 Å². The number of halogens is 1. The second-order valence-electron chi connectivity index (χ2n) is 6.50. The molecule has 3 rings (SSSR count). The molecule has 0 unspecified atom stereocenters. The summed E-state index contributed by atoms with van der Waals surface area (Å²) in [5.41, 5.74) is 1.01. The van der Waals surface area contributed by atoms with E-state index in [0.717, 1.165) is 4.47 Å². The Morgan fingerprint density at radius 3 is 2.29 bits per heavy atom. The van der Waals surface area contributed by atoms with Gasteiger partial charge in [-0.05, 0) is 70.9 Å². The molecule has 0 aromatic heterocycles. The lowest BCUT2D eigenvalue weighted by molar-refractivity contribution is -0.159. The molecule has 158 valence electrons. The third-order valence-corrected chi connectivity index (χ3v) is 4.96. The highest BCUT2D eigenvalue weighted by Gasteiger charge is 2.18.